The zero-order chi connectivity index (χ0) is 15.1. The van der Waals surface area contributed by atoms with Gasteiger partial charge in [-0.1, -0.05) is 46.3 Å². The number of benzene rings is 2. The van der Waals surface area contributed by atoms with Crippen LogP contribution in [0.5, 0.6) is 0 Å². The molecule has 0 saturated carbocycles. The lowest BCUT2D eigenvalue weighted by atomic mass is 10.1. The molecule has 4 rings (SSSR count). The number of halogens is 1. The van der Waals surface area contributed by atoms with Gasteiger partial charge in [0.25, 0.3) is 0 Å². The van der Waals surface area contributed by atoms with E-state index < -0.39 is 0 Å². The molecular formula is C17H12BrN3O. The van der Waals surface area contributed by atoms with Crippen LogP contribution in [0.3, 0.4) is 0 Å². The van der Waals surface area contributed by atoms with Crippen molar-refractivity contribution in [3.05, 3.63) is 64.3 Å². The van der Waals surface area contributed by atoms with Gasteiger partial charge in [0.15, 0.2) is 0 Å². The summed E-state index contributed by atoms with van der Waals surface area (Å²) in [6.07, 6.45) is 0. The number of amides is 1. The number of carbonyl (C=O) groups excluding carboxylic acids is 1. The Morgan fingerprint density at radius 1 is 1.09 bits per heavy atom. The summed E-state index contributed by atoms with van der Waals surface area (Å²) in [5, 5.41) is 3.96. The first kappa shape index (κ1) is 13.3. The van der Waals surface area contributed by atoms with Gasteiger partial charge in [0.2, 0.25) is 5.91 Å². The molecule has 5 heteroatoms. The highest BCUT2D eigenvalue weighted by atomic mass is 79.9. The average molecular weight is 354 g/mol. The number of nitrogens with zero attached hydrogens (tertiary/aromatic N) is 1. The van der Waals surface area contributed by atoms with Crippen molar-refractivity contribution in [2.45, 2.75) is 0 Å². The van der Waals surface area contributed by atoms with Gasteiger partial charge in [-0.15, -0.1) is 0 Å². The second-order valence-corrected chi connectivity index (χ2v) is 6.06. The molecule has 1 aromatic heterocycles. The highest BCUT2D eigenvalue weighted by Gasteiger charge is 2.22. The van der Waals surface area contributed by atoms with Crippen LogP contribution in [-0.2, 0) is 4.79 Å². The molecule has 22 heavy (non-hydrogen) atoms. The summed E-state index contributed by atoms with van der Waals surface area (Å²) >= 11 is 3.49. The van der Waals surface area contributed by atoms with Crippen LogP contribution in [-0.4, -0.2) is 23.1 Å². The summed E-state index contributed by atoms with van der Waals surface area (Å²) in [6.45, 7) is 0.124. The van der Waals surface area contributed by atoms with Crippen molar-refractivity contribution in [1.29, 1.82) is 0 Å². The van der Waals surface area contributed by atoms with Crippen LogP contribution in [0.4, 0.5) is 5.69 Å². The Hall–Kier alpha value is -2.40. The molecule has 108 valence electrons. The monoisotopic (exact) mass is 353 g/mol. The van der Waals surface area contributed by atoms with Crippen LogP contribution >= 0.6 is 15.9 Å². The third-order valence-electron chi connectivity index (χ3n) is 3.69. The van der Waals surface area contributed by atoms with E-state index in [1.807, 2.05) is 48.5 Å². The normalized spacial score (nSPS) is 14.2. The Balaban J connectivity index is 1.99. The molecule has 0 radical (unpaired) electrons. The standard InChI is InChI=1S/C17H12BrN3O/c18-11-5-3-4-10(8-11)15-17-16(21-14(22)9-19-15)12-6-1-2-7-13(12)20-17/h1-8,20H,9H2,(H,21,22). The number of hydrogen-bond donors (Lipinski definition) is 2. The van der Waals surface area contributed by atoms with E-state index in [2.05, 4.69) is 31.2 Å². The Morgan fingerprint density at radius 2 is 1.95 bits per heavy atom. The van der Waals surface area contributed by atoms with E-state index in [1.54, 1.807) is 0 Å². The maximum absolute atomic E-state index is 12.0. The SMILES string of the molecule is O=C1CN=C(c2cccc(Br)c2)c2[nH]c3ccccc3c2N1. The van der Waals surface area contributed by atoms with Crippen LogP contribution in [0, 0.1) is 0 Å². The smallest absolute Gasteiger partial charge is 0.246 e. The summed E-state index contributed by atoms with van der Waals surface area (Å²) < 4.78 is 0.980. The fourth-order valence-corrected chi connectivity index (χ4v) is 3.13. The number of aliphatic imine (C=N–C) groups is 1. The lowest BCUT2D eigenvalue weighted by Gasteiger charge is -2.06. The molecule has 3 aromatic rings. The lowest BCUT2D eigenvalue weighted by molar-refractivity contribution is -0.114. The van der Waals surface area contributed by atoms with Crippen molar-refractivity contribution in [2.24, 2.45) is 4.99 Å². The van der Waals surface area contributed by atoms with Crippen molar-refractivity contribution in [3.8, 4) is 0 Å². The maximum Gasteiger partial charge on any atom is 0.246 e. The minimum Gasteiger partial charge on any atom is -0.351 e. The molecular weight excluding hydrogens is 342 g/mol. The Bertz CT molecular complexity index is 927. The predicted octanol–water partition coefficient (Wildman–Crippen LogP) is 3.72. The van der Waals surface area contributed by atoms with Crippen LogP contribution in [0.2, 0.25) is 0 Å². The van der Waals surface area contributed by atoms with E-state index in [1.165, 1.54) is 0 Å². The second-order valence-electron chi connectivity index (χ2n) is 5.14. The van der Waals surface area contributed by atoms with Gasteiger partial charge in [-0.3, -0.25) is 9.79 Å². The molecule has 2 heterocycles. The van der Waals surface area contributed by atoms with Gasteiger partial charge >= 0.3 is 0 Å². The minimum absolute atomic E-state index is 0.101. The third kappa shape index (κ3) is 2.14. The van der Waals surface area contributed by atoms with Crippen molar-refractivity contribution in [1.82, 2.24) is 4.98 Å². The number of nitrogens with one attached hydrogen (secondary N) is 2. The van der Waals surface area contributed by atoms with Crippen LogP contribution in [0.25, 0.3) is 10.9 Å². The van der Waals surface area contributed by atoms with Gasteiger partial charge in [0, 0.05) is 20.9 Å². The molecule has 2 aromatic carbocycles. The van der Waals surface area contributed by atoms with Crippen LogP contribution in [0.1, 0.15) is 11.3 Å². The number of hydrogen-bond acceptors (Lipinski definition) is 2. The number of fused-ring (bicyclic) bond motifs is 3. The molecule has 1 amide bonds. The highest BCUT2D eigenvalue weighted by Crippen LogP contribution is 2.31. The van der Waals surface area contributed by atoms with Gasteiger partial charge in [0.05, 0.1) is 17.1 Å². The van der Waals surface area contributed by atoms with Crippen molar-refractivity contribution >= 4 is 44.1 Å². The molecule has 2 N–H and O–H groups in total. The van der Waals surface area contributed by atoms with E-state index in [-0.39, 0.29) is 12.5 Å². The second kappa shape index (κ2) is 5.10. The van der Waals surface area contributed by atoms with Crippen LogP contribution in [0.15, 0.2) is 58.0 Å². The number of para-hydroxylation sites is 1. The number of aromatic amines is 1. The van der Waals surface area contributed by atoms with Crippen molar-refractivity contribution in [2.75, 3.05) is 11.9 Å². The quantitative estimate of drug-likeness (QED) is 0.688. The fourth-order valence-electron chi connectivity index (χ4n) is 2.73. The molecule has 0 atom stereocenters. The number of anilines is 1. The molecule has 0 spiro atoms. The Labute approximate surface area is 135 Å². The Kier molecular flexibility index (Phi) is 3.08. The molecule has 0 unspecified atom stereocenters. The largest absolute Gasteiger partial charge is 0.351 e. The number of aromatic nitrogens is 1. The van der Waals surface area contributed by atoms with E-state index in [0.717, 1.165) is 38.0 Å². The lowest BCUT2D eigenvalue weighted by Crippen LogP contribution is -2.13. The topological polar surface area (TPSA) is 57.2 Å². The molecule has 4 nitrogen and oxygen atoms in total. The maximum atomic E-state index is 12.0. The average Bonchev–Trinajstić information content (AvgIpc) is 2.78. The van der Waals surface area contributed by atoms with E-state index in [9.17, 15) is 4.79 Å². The summed E-state index contributed by atoms with van der Waals surface area (Å²) in [5.74, 6) is -0.101. The van der Waals surface area contributed by atoms with Crippen molar-refractivity contribution < 1.29 is 4.79 Å². The van der Waals surface area contributed by atoms with Crippen LogP contribution < -0.4 is 5.32 Å². The molecule has 1 aliphatic heterocycles. The number of carbonyl (C=O) groups is 1. The molecule has 0 fully saturated rings. The number of rotatable bonds is 1. The van der Waals surface area contributed by atoms with E-state index in [4.69, 9.17) is 0 Å². The fraction of sp³-hybridized carbons (Fsp3) is 0.0588. The number of H-pyrrole nitrogens is 1. The molecule has 1 aliphatic rings. The van der Waals surface area contributed by atoms with E-state index >= 15 is 0 Å². The summed E-state index contributed by atoms with van der Waals surface area (Å²) in [5.41, 5.74) is 4.41. The highest BCUT2D eigenvalue weighted by molar-refractivity contribution is 9.10. The predicted molar refractivity (Wildman–Crippen MR) is 91.6 cm³/mol. The summed E-state index contributed by atoms with van der Waals surface area (Å²) in [4.78, 5) is 19.9. The minimum atomic E-state index is -0.101. The first-order valence-electron chi connectivity index (χ1n) is 6.94. The van der Waals surface area contributed by atoms with E-state index in [0.29, 0.717) is 0 Å². The first-order chi connectivity index (χ1) is 10.7. The zero-order valence-electron chi connectivity index (χ0n) is 11.6. The summed E-state index contributed by atoms with van der Waals surface area (Å²) in [7, 11) is 0. The van der Waals surface area contributed by atoms with Gasteiger partial charge in [0.1, 0.15) is 6.54 Å². The van der Waals surface area contributed by atoms with Gasteiger partial charge < -0.3 is 10.3 Å². The van der Waals surface area contributed by atoms with Gasteiger partial charge in [-0.05, 0) is 18.2 Å². The molecule has 0 saturated heterocycles. The van der Waals surface area contributed by atoms with Crippen molar-refractivity contribution in [3.63, 3.8) is 0 Å². The van der Waals surface area contributed by atoms with Gasteiger partial charge in [-0.25, -0.2) is 0 Å². The van der Waals surface area contributed by atoms with Gasteiger partial charge in [-0.2, -0.15) is 0 Å². The molecule has 0 aliphatic carbocycles. The summed E-state index contributed by atoms with van der Waals surface area (Å²) in [6, 6.07) is 15.8. The third-order valence-corrected chi connectivity index (χ3v) is 4.18. The Morgan fingerprint density at radius 3 is 2.82 bits per heavy atom. The first-order valence-corrected chi connectivity index (χ1v) is 7.73. The zero-order valence-corrected chi connectivity index (χ0v) is 13.1. The molecule has 0 bridgehead atoms.